The lowest BCUT2D eigenvalue weighted by Gasteiger charge is -2.06. The Kier molecular flexibility index (Phi) is 4.07. The van der Waals surface area contributed by atoms with Crippen molar-refractivity contribution in [3.8, 4) is 0 Å². The Labute approximate surface area is 110 Å². The minimum atomic E-state index is -0.433. The summed E-state index contributed by atoms with van der Waals surface area (Å²) >= 11 is 0. The molecule has 0 aliphatic heterocycles. The third kappa shape index (κ3) is 3.77. The fraction of sp³-hybridized carbons (Fsp3) is 0.143. The van der Waals surface area contributed by atoms with Gasteiger partial charge in [-0.15, -0.1) is 0 Å². The number of hydrogen-bond donors (Lipinski definition) is 1. The summed E-state index contributed by atoms with van der Waals surface area (Å²) in [6.45, 7) is 0.588. The predicted octanol–water partition coefficient (Wildman–Crippen LogP) is 3.39. The van der Waals surface area contributed by atoms with Gasteiger partial charge in [-0.3, -0.25) is 10.1 Å². The summed E-state index contributed by atoms with van der Waals surface area (Å²) in [5, 5.41) is 13.7. The predicted molar refractivity (Wildman–Crippen MR) is 71.7 cm³/mol. The van der Waals surface area contributed by atoms with Crippen LogP contribution in [-0.2, 0) is 6.42 Å². The second-order valence-electron chi connectivity index (χ2n) is 4.11. The third-order valence-electron chi connectivity index (χ3n) is 2.69. The lowest BCUT2D eigenvalue weighted by atomic mass is 10.1. The van der Waals surface area contributed by atoms with E-state index in [0.717, 1.165) is 5.56 Å². The van der Waals surface area contributed by atoms with Gasteiger partial charge in [-0.25, -0.2) is 4.39 Å². The van der Waals surface area contributed by atoms with Gasteiger partial charge in [-0.05, 0) is 30.2 Å². The second kappa shape index (κ2) is 5.95. The van der Waals surface area contributed by atoms with E-state index in [-0.39, 0.29) is 11.5 Å². The fourth-order valence-electron chi connectivity index (χ4n) is 1.77. The van der Waals surface area contributed by atoms with Crippen molar-refractivity contribution in [3.05, 3.63) is 70.0 Å². The summed E-state index contributed by atoms with van der Waals surface area (Å²) in [5.74, 6) is -0.257. The third-order valence-corrected chi connectivity index (χ3v) is 2.69. The van der Waals surface area contributed by atoms with E-state index in [0.29, 0.717) is 18.7 Å². The van der Waals surface area contributed by atoms with Crippen molar-refractivity contribution in [2.24, 2.45) is 0 Å². The van der Waals surface area contributed by atoms with Crippen LogP contribution >= 0.6 is 0 Å². The van der Waals surface area contributed by atoms with E-state index in [1.54, 1.807) is 18.2 Å². The van der Waals surface area contributed by atoms with Crippen LogP contribution in [0.25, 0.3) is 0 Å². The fourth-order valence-corrected chi connectivity index (χ4v) is 1.77. The number of rotatable bonds is 5. The van der Waals surface area contributed by atoms with Gasteiger partial charge >= 0.3 is 0 Å². The molecule has 0 atom stereocenters. The molecule has 0 heterocycles. The summed E-state index contributed by atoms with van der Waals surface area (Å²) < 4.78 is 13.0. The highest BCUT2D eigenvalue weighted by Gasteiger charge is 2.04. The number of hydrogen-bond acceptors (Lipinski definition) is 3. The van der Waals surface area contributed by atoms with Crippen molar-refractivity contribution >= 4 is 11.4 Å². The molecule has 0 saturated heterocycles. The number of nitro benzene ring substituents is 1. The Bertz CT molecular complexity index is 587. The van der Waals surface area contributed by atoms with Gasteiger partial charge in [-0.2, -0.15) is 0 Å². The van der Waals surface area contributed by atoms with Crippen molar-refractivity contribution < 1.29 is 9.31 Å². The first-order valence-corrected chi connectivity index (χ1v) is 5.88. The smallest absolute Gasteiger partial charge is 0.271 e. The zero-order valence-corrected chi connectivity index (χ0v) is 10.2. The molecule has 5 heteroatoms. The minimum absolute atomic E-state index is 0.0516. The molecule has 1 N–H and O–H groups in total. The molecular formula is C14H13FN2O2. The zero-order valence-electron chi connectivity index (χ0n) is 10.2. The van der Waals surface area contributed by atoms with Crippen molar-refractivity contribution in [3.63, 3.8) is 0 Å². The highest BCUT2D eigenvalue weighted by Crippen LogP contribution is 2.17. The van der Waals surface area contributed by atoms with Crippen LogP contribution in [0.2, 0.25) is 0 Å². The lowest BCUT2D eigenvalue weighted by molar-refractivity contribution is -0.384. The van der Waals surface area contributed by atoms with Crippen LogP contribution in [0, 0.1) is 15.9 Å². The molecule has 0 spiro atoms. The maximum Gasteiger partial charge on any atom is 0.271 e. The minimum Gasteiger partial charge on any atom is -0.385 e. The average Bonchev–Trinajstić information content (AvgIpc) is 2.39. The molecule has 0 fully saturated rings. The first kappa shape index (κ1) is 13.0. The van der Waals surface area contributed by atoms with Crippen molar-refractivity contribution in [2.45, 2.75) is 6.42 Å². The van der Waals surface area contributed by atoms with Crippen LogP contribution in [0.3, 0.4) is 0 Å². The lowest BCUT2D eigenvalue weighted by Crippen LogP contribution is -2.05. The Morgan fingerprint density at radius 2 is 1.95 bits per heavy atom. The molecule has 98 valence electrons. The average molecular weight is 260 g/mol. The SMILES string of the molecule is O=[N+]([O-])c1cccc(NCCc2cccc(F)c2)c1. The molecule has 2 aromatic rings. The normalized spacial score (nSPS) is 10.2. The Morgan fingerprint density at radius 1 is 1.16 bits per heavy atom. The summed E-state index contributed by atoms with van der Waals surface area (Å²) in [4.78, 5) is 10.2. The topological polar surface area (TPSA) is 55.2 Å². The van der Waals surface area contributed by atoms with Crippen LogP contribution in [0.1, 0.15) is 5.56 Å². The maximum absolute atomic E-state index is 13.0. The molecule has 2 rings (SSSR count). The second-order valence-corrected chi connectivity index (χ2v) is 4.11. The summed E-state index contributed by atoms with van der Waals surface area (Å²) in [7, 11) is 0. The van der Waals surface area contributed by atoms with E-state index >= 15 is 0 Å². The molecule has 0 bridgehead atoms. The van der Waals surface area contributed by atoms with Crippen LogP contribution in [0.5, 0.6) is 0 Å². The Hall–Kier alpha value is -2.43. The molecule has 0 aliphatic carbocycles. The highest BCUT2D eigenvalue weighted by atomic mass is 19.1. The molecule has 2 aromatic carbocycles. The van der Waals surface area contributed by atoms with Gasteiger partial charge in [0.1, 0.15) is 5.82 Å². The van der Waals surface area contributed by atoms with Crippen LogP contribution < -0.4 is 5.32 Å². The number of nitrogens with one attached hydrogen (secondary N) is 1. The quantitative estimate of drug-likeness (QED) is 0.662. The van der Waals surface area contributed by atoms with Crippen molar-refractivity contribution in [2.75, 3.05) is 11.9 Å². The number of anilines is 1. The molecule has 0 aliphatic rings. The van der Waals surface area contributed by atoms with E-state index in [1.165, 1.54) is 24.3 Å². The molecule has 0 saturated carbocycles. The van der Waals surface area contributed by atoms with Gasteiger partial charge in [0.2, 0.25) is 0 Å². The first-order chi connectivity index (χ1) is 9.15. The molecule has 0 amide bonds. The molecule has 19 heavy (non-hydrogen) atoms. The standard InChI is InChI=1S/C14H13FN2O2/c15-12-4-1-3-11(9-12)7-8-16-13-5-2-6-14(10-13)17(18)19/h1-6,9-10,16H,7-8H2. The molecular weight excluding hydrogens is 247 g/mol. The van der Waals surface area contributed by atoms with E-state index in [2.05, 4.69) is 5.32 Å². The van der Waals surface area contributed by atoms with E-state index in [1.807, 2.05) is 6.07 Å². The summed E-state index contributed by atoms with van der Waals surface area (Å²) in [6.07, 6.45) is 0.653. The maximum atomic E-state index is 13.0. The van der Waals surface area contributed by atoms with Gasteiger partial charge in [-0.1, -0.05) is 18.2 Å². The summed E-state index contributed by atoms with van der Waals surface area (Å²) in [5.41, 5.74) is 1.62. The number of nitrogens with zero attached hydrogens (tertiary/aromatic N) is 1. The largest absolute Gasteiger partial charge is 0.385 e. The van der Waals surface area contributed by atoms with Gasteiger partial charge in [0.05, 0.1) is 4.92 Å². The van der Waals surface area contributed by atoms with Gasteiger partial charge in [0.25, 0.3) is 5.69 Å². The number of halogens is 1. The Balaban J connectivity index is 1.92. The van der Waals surface area contributed by atoms with Crippen LogP contribution in [-0.4, -0.2) is 11.5 Å². The molecule has 0 radical (unpaired) electrons. The van der Waals surface area contributed by atoms with E-state index in [9.17, 15) is 14.5 Å². The number of nitro groups is 1. The molecule has 0 aromatic heterocycles. The van der Waals surface area contributed by atoms with E-state index in [4.69, 9.17) is 0 Å². The Morgan fingerprint density at radius 3 is 2.68 bits per heavy atom. The van der Waals surface area contributed by atoms with E-state index < -0.39 is 4.92 Å². The highest BCUT2D eigenvalue weighted by molar-refractivity contribution is 5.50. The van der Waals surface area contributed by atoms with Gasteiger partial charge in [0, 0.05) is 24.4 Å². The molecule has 4 nitrogen and oxygen atoms in total. The number of benzene rings is 2. The van der Waals surface area contributed by atoms with Gasteiger partial charge in [0.15, 0.2) is 0 Å². The zero-order chi connectivity index (χ0) is 13.7. The monoisotopic (exact) mass is 260 g/mol. The summed E-state index contributed by atoms with van der Waals surface area (Å²) in [6, 6.07) is 12.7. The van der Waals surface area contributed by atoms with Crippen molar-refractivity contribution in [1.29, 1.82) is 0 Å². The van der Waals surface area contributed by atoms with Gasteiger partial charge < -0.3 is 5.32 Å². The molecule has 0 unspecified atom stereocenters. The number of non-ortho nitro benzene ring substituents is 1. The first-order valence-electron chi connectivity index (χ1n) is 5.88. The van der Waals surface area contributed by atoms with Crippen LogP contribution in [0.4, 0.5) is 15.8 Å². The van der Waals surface area contributed by atoms with Crippen LogP contribution in [0.15, 0.2) is 48.5 Å². The van der Waals surface area contributed by atoms with Crippen molar-refractivity contribution in [1.82, 2.24) is 0 Å².